The number of ketones is 1. The highest BCUT2D eigenvalue weighted by molar-refractivity contribution is 5.78. The molecule has 1 aliphatic heterocycles. The number of piperidine rings is 1. The molecular formula is C11H18N4O. The number of Topliss-reactive ketones (excluding diaryl/α,β-unsaturated/α-hetero) is 1. The molecule has 0 unspecified atom stereocenters. The van der Waals surface area contributed by atoms with Gasteiger partial charge >= 0.3 is 0 Å². The Morgan fingerprint density at radius 2 is 2.19 bits per heavy atom. The molecule has 0 N–H and O–H groups in total. The predicted octanol–water partition coefficient (Wildman–Crippen LogP) is 0.616. The third-order valence-electron chi connectivity index (χ3n) is 3.20. The highest BCUT2D eigenvalue weighted by Crippen LogP contribution is 2.18. The zero-order valence-corrected chi connectivity index (χ0v) is 9.89. The molecule has 0 bridgehead atoms. The van der Waals surface area contributed by atoms with Gasteiger partial charge in [-0.2, -0.15) is 0 Å². The minimum absolute atomic E-state index is 0.276. The SMILES string of the molecule is CC(=O)C1CCN(Cc2cn(C)nn2)CC1. The van der Waals surface area contributed by atoms with E-state index in [9.17, 15) is 4.79 Å². The van der Waals surface area contributed by atoms with Crippen LogP contribution in [0, 0.1) is 5.92 Å². The summed E-state index contributed by atoms with van der Waals surface area (Å²) in [5.74, 6) is 0.609. The lowest BCUT2D eigenvalue weighted by molar-refractivity contribution is -0.122. The number of aryl methyl sites for hydroxylation is 1. The van der Waals surface area contributed by atoms with Crippen molar-refractivity contribution in [1.82, 2.24) is 19.9 Å². The maximum atomic E-state index is 11.2. The molecule has 2 rings (SSSR count). The Morgan fingerprint density at radius 3 is 2.69 bits per heavy atom. The van der Waals surface area contributed by atoms with E-state index in [2.05, 4.69) is 15.2 Å². The van der Waals surface area contributed by atoms with E-state index in [1.54, 1.807) is 11.6 Å². The normalized spacial score (nSPS) is 18.9. The van der Waals surface area contributed by atoms with Crippen molar-refractivity contribution in [3.05, 3.63) is 11.9 Å². The number of nitrogens with zero attached hydrogens (tertiary/aromatic N) is 4. The van der Waals surface area contributed by atoms with Crippen molar-refractivity contribution in [3.8, 4) is 0 Å². The van der Waals surface area contributed by atoms with Crippen LogP contribution >= 0.6 is 0 Å². The van der Waals surface area contributed by atoms with Crippen LogP contribution in [0.15, 0.2) is 6.20 Å². The molecule has 1 fully saturated rings. The zero-order valence-electron chi connectivity index (χ0n) is 9.89. The second-order valence-corrected chi connectivity index (χ2v) is 4.54. The van der Waals surface area contributed by atoms with E-state index in [0.717, 1.165) is 38.2 Å². The van der Waals surface area contributed by atoms with Gasteiger partial charge in [0.25, 0.3) is 0 Å². The Morgan fingerprint density at radius 1 is 1.50 bits per heavy atom. The van der Waals surface area contributed by atoms with Gasteiger partial charge in [-0.1, -0.05) is 5.21 Å². The van der Waals surface area contributed by atoms with Gasteiger partial charge in [-0.25, -0.2) is 0 Å². The fourth-order valence-corrected chi connectivity index (χ4v) is 2.19. The highest BCUT2D eigenvalue weighted by atomic mass is 16.1. The van der Waals surface area contributed by atoms with E-state index in [1.165, 1.54) is 0 Å². The smallest absolute Gasteiger partial charge is 0.133 e. The molecule has 0 spiro atoms. The number of likely N-dealkylation sites (tertiary alicyclic amines) is 1. The lowest BCUT2D eigenvalue weighted by Crippen LogP contribution is -2.35. The van der Waals surface area contributed by atoms with Gasteiger partial charge in [-0.05, 0) is 32.9 Å². The molecule has 0 atom stereocenters. The first kappa shape index (κ1) is 11.3. The fraction of sp³-hybridized carbons (Fsp3) is 0.727. The third kappa shape index (κ3) is 2.66. The largest absolute Gasteiger partial charge is 0.300 e. The van der Waals surface area contributed by atoms with Crippen LogP contribution in [-0.2, 0) is 18.4 Å². The van der Waals surface area contributed by atoms with Gasteiger partial charge in [0.05, 0.1) is 5.69 Å². The van der Waals surface area contributed by atoms with Crippen molar-refractivity contribution in [2.75, 3.05) is 13.1 Å². The summed E-state index contributed by atoms with van der Waals surface area (Å²) in [4.78, 5) is 13.6. The number of carbonyl (C=O) groups excluding carboxylic acids is 1. The summed E-state index contributed by atoms with van der Waals surface area (Å²) < 4.78 is 1.72. The summed E-state index contributed by atoms with van der Waals surface area (Å²) in [7, 11) is 1.87. The number of hydrogen-bond donors (Lipinski definition) is 0. The standard InChI is InChI=1S/C11H18N4O/c1-9(16)10-3-5-15(6-4-10)8-11-7-14(2)13-12-11/h7,10H,3-6,8H2,1-2H3. The van der Waals surface area contributed by atoms with E-state index in [0.29, 0.717) is 5.78 Å². The van der Waals surface area contributed by atoms with Gasteiger partial charge in [0.2, 0.25) is 0 Å². The van der Waals surface area contributed by atoms with Crippen molar-refractivity contribution in [2.24, 2.45) is 13.0 Å². The number of hydrogen-bond acceptors (Lipinski definition) is 4. The summed E-state index contributed by atoms with van der Waals surface area (Å²) in [5, 5.41) is 7.98. The Labute approximate surface area is 95.4 Å². The van der Waals surface area contributed by atoms with E-state index in [4.69, 9.17) is 0 Å². The van der Waals surface area contributed by atoms with Crippen LogP contribution in [-0.4, -0.2) is 38.8 Å². The quantitative estimate of drug-likeness (QED) is 0.752. The lowest BCUT2D eigenvalue weighted by Gasteiger charge is -2.29. The molecule has 5 heteroatoms. The highest BCUT2D eigenvalue weighted by Gasteiger charge is 2.22. The Bertz CT molecular complexity index is 366. The summed E-state index contributed by atoms with van der Waals surface area (Å²) >= 11 is 0. The minimum Gasteiger partial charge on any atom is -0.300 e. The third-order valence-corrected chi connectivity index (χ3v) is 3.20. The molecule has 0 radical (unpaired) electrons. The Balaban J connectivity index is 1.83. The molecule has 1 aromatic rings. The molecule has 0 aromatic carbocycles. The first-order valence-corrected chi connectivity index (χ1v) is 5.73. The molecule has 0 saturated carbocycles. The second kappa shape index (κ2) is 4.74. The predicted molar refractivity (Wildman–Crippen MR) is 59.7 cm³/mol. The Hall–Kier alpha value is -1.23. The molecule has 1 aromatic heterocycles. The van der Waals surface area contributed by atoms with E-state index in [-0.39, 0.29) is 5.92 Å². The van der Waals surface area contributed by atoms with E-state index < -0.39 is 0 Å². The molecule has 5 nitrogen and oxygen atoms in total. The summed E-state index contributed by atoms with van der Waals surface area (Å²) in [5.41, 5.74) is 1.00. The van der Waals surface area contributed by atoms with Crippen molar-refractivity contribution in [2.45, 2.75) is 26.3 Å². The second-order valence-electron chi connectivity index (χ2n) is 4.54. The van der Waals surface area contributed by atoms with Gasteiger partial charge in [0.15, 0.2) is 0 Å². The van der Waals surface area contributed by atoms with Crippen LogP contribution < -0.4 is 0 Å². The molecule has 1 aliphatic rings. The van der Waals surface area contributed by atoms with Crippen LogP contribution in [0.4, 0.5) is 0 Å². The van der Waals surface area contributed by atoms with Gasteiger partial charge in [-0.15, -0.1) is 5.10 Å². The van der Waals surface area contributed by atoms with Crippen molar-refractivity contribution >= 4 is 5.78 Å². The summed E-state index contributed by atoms with van der Waals surface area (Å²) in [6, 6.07) is 0. The van der Waals surface area contributed by atoms with Crippen molar-refractivity contribution < 1.29 is 4.79 Å². The first-order chi connectivity index (χ1) is 7.65. The number of aromatic nitrogens is 3. The van der Waals surface area contributed by atoms with Crippen molar-refractivity contribution in [3.63, 3.8) is 0 Å². The van der Waals surface area contributed by atoms with Gasteiger partial charge in [0, 0.05) is 25.7 Å². The van der Waals surface area contributed by atoms with E-state index >= 15 is 0 Å². The van der Waals surface area contributed by atoms with Gasteiger partial charge < -0.3 is 0 Å². The van der Waals surface area contributed by atoms with Crippen LogP contribution in [0.5, 0.6) is 0 Å². The molecule has 0 aliphatic carbocycles. The molecule has 16 heavy (non-hydrogen) atoms. The monoisotopic (exact) mass is 222 g/mol. The van der Waals surface area contributed by atoms with Crippen LogP contribution in [0.25, 0.3) is 0 Å². The molecule has 1 saturated heterocycles. The van der Waals surface area contributed by atoms with Crippen LogP contribution in [0.1, 0.15) is 25.5 Å². The summed E-state index contributed by atoms with van der Waals surface area (Å²) in [6.07, 6.45) is 3.91. The first-order valence-electron chi connectivity index (χ1n) is 5.73. The number of rotatable bonds is 3. The topological polar surface area (TPSA) is 51.0 Å². The van der Waals surface area contributed by atoms with Gasteiger partial charge in [0.1, 0.15) is 5.78 Å². The maximum Gasteiger partial charge on any atom is 0.133 e. The molecule has 2 heterocycles. The zero-order chi connectivity index (χ0) is 11.5. The van der Waals surface area contributed by atoms with Crippen LogP contribution in [0.3, 0.4) is 0 Å². The minimum atomic E-state index is 0.276. The van der Waals surface area contributed by atoms with Gasteiger partial charge in [-0.3, -0.25) is 14.4 Å². The van der Waals surface area contributed by atoms with Crippen LogP contribution in [0.2, 0.25) is 0 Å². The lowest BCUT2D eigenvalue weighted by atomic mass is 9.93. The van der Waals surface area contributed by atoms with Crippen molar-refractivity contribution in [1.29, 1.82) is 0 Å². The maximum absolute atomic E-state index is 11.2. The number of carbonyl (C=O) groups is 1. The average molecular weight is 222 g/mol. The molecule has 88 valence electrons. The fourth-order valence-electron chi connectivity index (χ4n) is 2.19. The molecule has 0 amide bonds. The van der Waals surface area contributed by atoms with E-state index in [1.807, 2.05) is 13.2 Å². The summed E-state index contributed by atoms with van der Waals surface area (Å²) in [6.45, 7) is 4.52. The average Bonchev–Trinajstić information content (AvgIpc) is 2.65. The Kier molecular flexibility index (Phi) is 3.33. The molecular weight excluding hydrogens is 204 g/mol.